The van der Waals surface area contributed by atoms with E-state index in [0.717, 1.165) is 0 Å². The second-order valence-electron chi connectivity index (χ2n) is 4.70. The van der Waals surface area contributed by atoms with Crippen molar-refractivity contribution < 1.29 is 8.42 Å². The van der Waals surface area contributed by atoms with Crippen molar-refractivity contribution in [2.75, 3.05) is 13.6 Å². The minimum Gasteiger partial charge on any atom is -0.393 e. The van der Waals surface area contributed by atoms with Crippen LogP contribution >= 0.6 is 12.2 Å². The molecule has 2 N–H and O–H groups in total. The lowest BCUT2D eigenvalue weighted by molar-refractivity contribution is 0.425. The summed E-state index contributed by atoms with van der Waals surface area (Å²) in [5.74, 6) is -0.109. The van der Waals surface area contributed by atoms with E-state index in [1.807, 2.05) is 6.92 Å². The van der Waals surface area contributed by atoms with Gasteiger partial charge in [0.1, 0.15) is 0 Å². The molecule has 0 aromatic heterocycles. The van der Waals surface area contributed by atoms with Crippen LogP contribution in [-0.2, 0) is 10.0 Å². The predicted octanol–water partition coefficient (Wildman–Crippen LogP) is 0.969. The molecule has 0 saturated heterocycles. The van der Waals surface area contributed by atoms with Crippen molar-refractivity contribution in [3.8, 4) is 0 Å². The Morgan fingerprint density at radius 2 is 1.87 bits per heavy atom. The second kappa shape index (κ2) is 4.76. The van der Waals surface area contributed by atoms with Crippen molar-refractivity contribution in [1.29, 1.82) is 0 Å². The lowest BCUT2D eigenvalue weighted by Crippen LogP contribution is -2.43. The molecule has 0 aliphatic heterocycles. The summed E-state index contributed by atoms with van der Waals surface area (Å²) in [6.45, 7) is 7.16. The summed E-state index contributed by atoms with van der Waals surface area (Å²) < 4.78 is 24.4. The van der Waals surface area contributed by atoms with Gasteiger partial charge in [0.2, 0.25) is 10.0 Å². The molecular formula is C9H20N2O2S2. The summed E-state index contributed by atoms with van der Waals surface area (Å²) in [6, 6.07) is 0. The Morgan fingerprint density at radius 3 is 2.13 bits per heavy atom. The summed E-state index contributed by atoms with van der Waals surface area (Å²) in [7, 11) is -1.74. The molecule has 0 rings (SSSR count). The average molecular weight is 252 g/mol. The molecule has 0 aromatic rings. The lowest BCUT2D eigenvalue weighted by atomic mass is 10.2. The zero-order valence-corrected chi connectivity index (χ0v) is 11.6. The Hall–Kier alpha value is -0.200. The highest BCUT2D eigenvalue weighted by Crippen LogP contribution is 2.19. The normalized spacial score (nSPS) is 15.3. The van der Waals surface area contributed by atoms with Gasteiger partial charge in [0.25, 0.3) is 0 Å². The SMILES string of the molecule is CC(CN(C)S(=O)(=O)C(C)(C)C)C(N)=S. The third kappa shape index (κ3) is 3.70. The summed E-state index contributed by atoms with van der Waals surface area (Å²) in [5, 5.41) is 0. The first-order chi connectivity index (χ1) is 6.50. The number of rotatable bonds is 4. The fourth-order valence-corrected chi connectivity index (χ4v) is 2.47. The Labute approximate surface area is 97.9 Å². The third-order valence-corrected chi connectivity index (χ3v) is 5.12. The van der Waals surface area contributed by atoms with Crippen molar-refractivity contribution in [3.63, 3.8) is 0 Å². The fourth-order valence-electron chi connectivity index (χ4n) is 1.04. The van der Waals surface area contributed by atoms with E-state index < -0.39 is 14.8 Å². The molecule has 90 valence electrons. The van der Waals surface area contributed by atoms with Crippen LogP contribution in [0.2, 0.25) is 0 Å². The number of hydrogen-bond acceptors (Lipinski definition) is 3. The van der Waals surface area contributed by atoms with Crippen LogP contribution in [-0.4, -0.2) is 36.1 Å². The zero-order chi connectivity index (χ0) is 12.4. The molecule has 6 heteroatoms. The van der Waals surface area contributed by atoms with Crippen LogP contribution < -0.4 is 5.73 Å². The molecule has 0 aromatic carbocycles. The van der Waals surface area contributed by atoms with Crippen LogP contribution in [0.1, 0.15) is 27.7 Å². The lowest BCUT2D eigenvalue weighted by Gasteiger charge is -2.28. The van der Waals surface area contributed by atoms with E-state index in [1.54, 1.807) is 27.8 Å². The van der Waals surface area contributed by atoms with E-state index in [2.05, 4.69) is 0 Å². The zero-order valence-electron chi connectivity index (χ0n) is 9.94. The van der Waals surface area contributed by atoms with E-state index in [4.69, 9.17) is 18.0 Å². The highest BCUT2D eigenvalue weighted by molar-refractivity contribution is 7.90. The van der Waals surface area contributed by atoms with Gasteiger partial charge in [0.05, 0.1) is 9.74 Å². The molecule has 0 fully saturated rings. The summed E-state index contributed by atoms with van der Waals surface area (Å²) in [5.41, 5.74) is 5.45. The van der Waals surface area contributed by atoms with Crippen LogP contribution in [0.4, 0.5) is 0 Å². The molecule has 1 atom stereocenters. The maximum Gasteiger partial charge on any atom is 0.218 e. The maximum atomic E-state index is 12.0. The van der Waals surface area contributed by atoms with Gasteiger partial charge in [-0.1, -0.05) is 19.1 Å². The Kier molecular flexibility index (Phi) is 4.69. The molecule has 0 aliphatic rings. The van der Waals surface area contributed by atoms with E-state index >= 15 is 0 Å². The smallest absolute Gasteiger partial charge is 0.218 e. The van der Waals surface area contributed by atoms with Crippen molar-refractivity contribution in [3.05, 3.63) is 0 Å². The number of nitrogens with two attached hydrogens (primary N) is 1. The molecule has 0 saturated carbocycles. The molecule has 0 spiro atoms. The van der Waals surface area contributed by atoms with Gasteiger partial charge >= 0.3 is 0 Å². The molecule has 0 heterocycles. The quantitative estimate of drug-likeness (QED) is 0.757. The average Bonchev–Trinajstić information content (AvgIpc) is 2.01. The molecule has 15 heavy (non-hydrogen) atoms. The molecule has 0 aliphatic carbocycles. The maximum absolute atomic E-state index is 12.0. The van der Waals surface area contributed by atoms with Gasteiger partial charge < -0.3 is 5.73 Å². The van der Waals surface area contributed by atoms with Crippen molar-refractivity contribution in [2.45, 2.75) is 32.4 Å². The predicted molar refractivity (Wildman–Crippen MR) is 67.3 cm³/mol. The van der Waals surface area contributed by atoms with Gasteiger partial charge in [-0.15, -0.1) is 0 Å². The minimum atomic E-state index is -3.29. The van der Waals surface area contributed by atoms with Gasteiger partial charge in [0, 0.05) is 19.5 Å². The van der Waals surface area contributed by atoms with Crippen LogP contribution in [0, 0.1) is 5.92 Å². The first kappa shape index (κ1) is 14.8. The van der Waals surface area contributed by atoms with Crippen LogP contribution in [0.5, 0.6) is 0 Å². The highest BCUT2D eigenvalue weighted by atomic mass is 32.2. The van der Waals surface area contributed by atoms with Crippen LogP contribution in [0.3, 0.4) is 0 Å². The van der Waals surface area contributed by atoms with E-state index in [0.29, 0.717) is 11.5 Å². The largest absolute Gasteiger partial charge is 0.393 e. The monoisotopic (exact) mass is 252 g/mol. The first-order valence-corrected chi connectivity index (χ1v) is 6.60. The molecule has 0 radical (unpaired) electrons. The first-order valence-electron chi connectivity index (χ1n) is 4.75. The third-order valence-electron chi connectivity index (χ3n) is 2.20. The molecule has 0 amide bonds. The Balaban J connectivity index is 4.75. The number of sulfonamides is 1. The van der Waals surface area contributed by atoms with Gasteiger partial charge in [-0.05, 0) is 20.8 Å². The van der Waals surface area contributed by atoms with Crippen molar-refractivity contribution in [2.24, 2.45) is 11.7 Å². The molecule has 0 bridgehead atoms. The fraction of sp³-hybridized carbons (Fsp3) is 0.889. The van der Waals surface area contributed by atoms with E-state index in [-0.39, 0.29) is 5.92 Å². The summed E-state index contributed by atoms with van der Waals surface area (Å²) in [6.07, 6.45) is 0. The summed E-state index contributed by atoms with van der Waals surface area (Å²) >= 11 is 4.81. The minimum absolute atomic E-state index is 0.109. The van der Waals surface area contributed by atoms with Gasteiger partial charge in [0.15, 0.2) is 0 Å². The number of nitrogens with zero attached hydrogens (tertiary/aromatic N) is 1. The van der Waals surface area contributed by atoms with Gasteiger partial charge in [-0.3, -0.25) is 0 Å². The number of thiocarbonyl (C=S) groups is 1. The van der Waals surface area contributed by atoms with Gasteiger partial charge in [-0.25, -0.2) is 12.7 Å². The van der Waals surface area contributed by atoms with Gasteiger partial charge in [-0.2, -0.15) is 0 Å². The second-order valence-corrected chi connectivity index (χ2v) is 7.97. The standard InChI is InChI=1S/C9H20N2O2S2/c1-7(8(10)14)6-11(5)15(12,13)9(2,3)4/h7H,6H2,1-5H3,(H2,10,14). The molecule has 1 unspecified atom stereocenters. The van der Waals surface area contributed by atoms with E-state index in [1.165, 1.54) is 4.31 Å². The van der Waals surface area contributed by atoms with Crippen molar-refractivity contribution >= 4 is 27.2 Å². The van der Waals surface area contributed by atoms with Crippen LogP contribution in [0.25, 0.3) is 0 Å². The molecular weight excluding hydrogens is 232 g/mol. The van der Waals surface area contributed by atoms with E-state index in [9.17, 15) is 8.42 Å². The summed E-state index contributed by atoms with van der Waals surface area (Å²) in [4.78, 5) is 0.339. The highest BCUT2D eigenvalue weighted by Gasteiger charge is 2.33. The Bertz CT molecular complexity index is 331. The number of hydrogen-bond donors (Lipinski definition) is 1. The van der Waals surface area contributed by atoms with Crippen molar-refractivity contribution in [1.82, 2.24) is 4.31 Å². The topological polar surface area (TPSA) is 63.4 Å². The Morgan fingerprint density at radius 1 is 1.47 bits per heavy atom. The molecule has 4 nitrogen and oxygen atoms in total. The van der Waals surface area contributed by atoms with Crippen LogP contribution in [0.15, 0.2) is 0 Å².